The van der Waals surface area contributed by atoms with Gasteiger partial charge in [0, 0.05) is 37.2 Å². The van der Waals surface area contributed by atoms with Crippen LogP contribution in [0.3, 0.4) is 0 Å². The van der Waals surface area contributed by atoms with Gasteiger partial charge in [0.25, 0.3) is 0 Å². The fraction of sp³-hybridized carbons (Fsp3) is 0.409. The average molecular weight is 422 g/mol. The summed E-state index contributed by atoms with van der Waals surface area (Å²) in [5.41, 5.74) is -0.905. The second kappa shape index (κ2) is 8.65. The Balaban J connectivity index is 1.81. The Labute approximate surface area is 173 Å². The molecule has 2 aromatic carbocycles. The van der Waals surface area contributed by atoms with Crippen LogP contribution < -0.4 is 0 Å². The lowest BCUT2D eigenvalue weighted by molar-refractivity contribution is -0.141. The number of nitrogens with zero attached hydrogens (tertiary/aromatic N) is 2. The number of benzene rings is 2. The number of aliphatic hydroxyl groups is 1. The van der Waals surface area contributed by atoms with Crippen LogP contribution in [0.15, 0.2) is 36.4 Å². The van der Waals surface area contributed by atoms with Crippen LogP contribution in [0.1, 0.15) is 17.5 Å². The maximum Gasteiger partial charge on any atom is 0.227 e. The van der Waals surface area contributed by atoms with Crippen molar-refractivity contribution in [1.29, 1.82) is 0 Å². The Morgan fingerprint density at radius 3 is 2.53 bits per heavy atom. The molecule has 0 saturated carbocycles. The predicted molar refractivity (Wildman–Crippen MR) is 105 cm³/mol. The summed E-state index contributed by atoms with van der Waals surface area (Å²) in [6.07, 6.45) is -0.177. The van der Waals surface area contributed by atoms with Gasteiger partial charge in [0.2, 0.25) is 5.91 Å². The molecule has 1 aliphatic heterocycles. The topological polar surface area (TPSA) is 64.0 Å². The van der Waals surface area contributed by atoms with Crippen molar-refractivity contribution in [2.24, 2.45) is 5.92 Å². The molecule has 1 heterocycles. The molecule has 162 valence electrons. The number of carbonyl (C=O) groups is 1. The number of phenolic OH excluding ortho intramolecular Hbond substituents is 1. The van der Waals surface area contributed by atoms with Crippen molar-refractivity contribution in [2.45, 2.75) is 18.4 Å². The van der Waals surface area contributed by atoms with Gasteiger partial charge in [0.05, 0.1) is 12.0 Å². The highest BCUT2D eigenvalue weighted by Gasteiger charge is 2.44. The fourth-order valence-corrected chi connectivity index (χ4v) is 4.02. The molecule has 1 saturated heterocycles. The van der Waals surface area contributed by atoms with Crippen LogP contribution in [-0.4, -0.2) is 59.6 Å². The molecule has 30 heavy (non-hydrogen) atoms. The molecule has 5 nitrogen and oxygen atoms in total. The second-order valence-electron chi connectivity index (χ2n) is 8.06. The van der Waals surface area contributed by atoms with Crippen molar-refractivity contribution in [3.8, 4) is 5.75 Å². The number of phenols is 1. The predicted octanol–water partition coefficient (Wildman–Crippen LogP) is 2.65. The Hall–Kier alpha value is -2.58. The van der Waals surface area contributed by atoms with Gasteiger partial charge in [-0.1, -0.05) is 12.1 Å². The lowest BCUT2D eigenvalue weighted by atomic mass is 9.75. The number of aromatic hydroxyl groups is 1. The quantitative estimate of drug-likeness (QED) is 0.728. The van der Waals surface area contributed by atoms with Crippen LogP contribution in [0, 0.1) is 23.4 Å². The minimum absolute atomic E-state index is 0.0387. The van der Waals surface area contributed by atoms with Crippen LogP contribution in [0.25, 0.3) is 0 Å². The molecule has 8 heteroatoms. The summed E-state index contributed by atoms with van der Waals surface area (Å²) >= 11 is 0. The molecule has 1 fully saturated rings. The molecule has 2 atom stereocenters. The van der Waals surface area contributed by atoms with Crippen molar-refractivity contribution in [2.75, 3.05) is 33.7 Å². The summed E-state index contributed by atoms with van der Waals surface area (Å²) in [6.45, 7) is 0.879. The number of piperidine rings is 1. The molecule has 3 rings (SSSR count). The van der Waals surface area contributed by atoms with Gasteiger partial charge in [-0.3, -0.25) is 4.79 Å². The fourth-order valence-electron chi connectivity index (χ4n) is 4.02. The minimum atomic E-state index is -1.30. The first-order valence-electron chi connectivity index (χ1n) is 9.68. The number of likely N-dealkylation sites (tertiary alicyclic amines) is 1. The summed E-state index contributed by atoms with van der Waals surface area (Å²) in [5.74, 6) is -4.24. The highest BCUT2D eigenvalue weighted by molar-refractivity contribution is 5.79. The van der Waals surface area contributed by atoms with Crippen LogP contribution >= 0.6 is 0 Å². The summed E-state index contributed by atoms with van der Waals surface area (Å²) < 4.78 is 40.5. The molecule has 0 spiro atoms. The first kappa shape index (κ1) is 22.1. The zero-order chi connectivity index (χ0) is 22.1. The first-order valence-corrected chi connectivity index (χ1v) is 9.68. The van der Waals surface area contributed by atoms with Crippen molar-refractivity contribution in [1.82, 2.24) is 9.80 Å². The third kappa shape index (κ3) is 4.60. The molecular formula is C22H25F3N2O3. The van der Waals surface area contributed by atoms with Crippen molar-refractivity contribution in [3.63, 3.8) is 0 Å². The second-order valence-corrected chi connectivity index (χ2v) is 8.06. The summed E-state index contributed by atoms with van der Waals surface area (Å²) in [4.78, 5) is 16.2. The number of carbonyl (C=O) groups excluding carboxylic acids is 1. The standard InChI is InChI=1S/C22H25F3N2O3/c1-26(2)12-16-13-27(7-6-22(16,30)15-4-3-5-17(28)10-15)21(29)9-14-8-19(24)20(25)11-18(14)23/h3-5,8,10-11,16,28,30H,6-7,9,12-13H2,1-2H3/t16-,22-/m0/s1. The van der Waals surface area contributed by atoms with Crippen LogP contribution in [0.5, 0.6) is 5.75 Å². The summed E-state index contributed by atoms with van der Waals surface area (Å²) in [6, 6.07) is 7.55. The number of hydrogen-bond donors (Lipinski definition) is 2. The molecule has 0 bridgehead atoms. The van der Waals surface area contributed by atoms with Gasteiger partial charge in [-0.05, 0) is 44.3 Å². The first-order chi connectivity index (χ1) is 14.1. The molecular weight excluding hydrogens is 397 g/mol. The zero-order valence-electron chi connectivity index (χ0n) is 16.9. The van der Waals surface area contributed by atoms with Crippen molar-refractivity contribution < 1.29 is 28.2 Å². The Bertz CT molecular complexity index is 938. The van der Waals surface area contributed by atoms with Crippen LogP contribution in [-0.2, 0) is 16.8 Å². The maximum absolute atomic E-state index is 13.9. The van der Waals surface area contributed by atoms with Gasteiger partial charge >= 0.3 is 0 Å². The number of rotatable bonds is 5. The molecule has 0 radical (unpaired) electrons. The molecule has 0 aliphatic carbocycles. The van der Waals surface area contributed by atoms with Crippen LogP contribution in [0.4, 0.5) is 13.2 Å². The third-order valence-electron chi connectivity index (χ3n) is 5.59. The Morgan fingerprint density at radius 2 is 1.87 bits per heavy atom. The van der Waals surface area contributed by atoms with Gasteiger partial charge in [-0.25, -0.2) is 13.2 Å². The largest absolute Gasteiger partial charge is 0.508 e. The van der Waals surface area contributed by atoms with E-state index in [0.29, 0.717) is 24.2 Å². The lowest BCUT2D eigenvalue weighted by Crippen LogP contribution is -2.54. The lowest BCUT2D eigenvalue weighted by Gasteiger charge is -2.46. The van der Waals surface area contributed by atoms with Gasteiger partial charge < -0.3 is 20.0 Å². The maximum atomic E-state index is 13.9. The van der Waals surface area contributed by atoms with Crippen molar-refractivity contribution >= 4 is 5.91 Å². The van der Waals surface area contributed by atoms with Gasteiger partial charge in [-0.15, -0.1) is 0 Å². The smallest absolute Gasteiger partial charge is 0.227 e. The van der Waals surface area contributed by atoms with E-state index in [1.165, 1.54) is 17.0 Å². The minimum Gasteiger partial charge on any atom is -0.508 e. The van der Waals surface area contributed by atoms with Gasteiger partial charge in [0.1, 0.15) is 11.6 Å². The van der Waals surface area contributed by atoms with Crippen molar-refractivity contribution in [3.05, 3.63) is 65.0 Å². The van der Waals surface area contributed by atoms with E-state index in [1.54, 1.807) is 12.1 Å². The monoisotopic (exact) mass is 422 g/mol. The highest BCUT2D eigenvalue weighted by atomic mass is 19.2. The Morgan fingerprint density at radius 1 is 1.17 bits per heavy atom. The van der Waals surface area contributed by atoms with E-state index >= 15 is 0 Å². The Kier molecular flexibility index (Phi) is 6.38. The van der Waals surface area contributed by atoms with E-state index in [2.05, 4.69) is 0 Å². The van der Waals surface area contributed by atoms with E-state index in [0.717, 1.165) is 0 Å². The molecule has 0 unspecified atom stereocenters. The molecule has 1 amide bonds. The summed E-state index contributed by atoms with van der Waals surface area (Å²) in [5, 5.41) is 21.3. The SMILES string of the molecule is CN(C)C[C@H]1CN(C(=O)Cc2cc(F)c(F)cc2F)CC[C@]1(O)c1cccc(O)c1. The van der Waals surface area contributed by atoms with E-state index in [1.807, 2.05) is 19.0 Å². The average Bonchev–Trinajstić information content (AvgIpc) is 2.67. The van der Waals surface area contributed by atoms with Gasteiger partial charge in [0.15, 0.2) is 11.6 Å². The molecule has 2 aromatic rings. The number of hydrogen-bond acceptors (Lipinski definition) is 4. The molecule has 2 N–H and O–H groups in total. The van der Waals surface area contributed by atoms with Gasteiger partial charge in [-0.2, -0.15) is 0 Å². The zero-order valence-corrected chi connectivity index (χ0v) is 16.9. The van der Waals surface area contributed by atoms with E-state index < -0.39 is 35.4 Å². The van der Waals surface area contributed by atoms with Crippen LogP contribution in [0.2, 0.25) is 0 Å². The van der Waals surface area contributed by atoms with E-state index in [9.17, 15) is 28.2 Å². The normalized spacial score (nSPS) is 21.8. The van der Waals surface area contributed by atoms with E-state index in [4.69, 9.17) is 0 Å². The van der Waals surface area contributed by atoms with E-state index in [-0.39, 0.29) is 36.7 Å². The number of amides is 1. The molecule has 0 aromatic heterocycles. The molecule has 1 aliphatic rings. The third-order valence-corrected chi connectivity index (χ3v) is 5.59. The summed E-state index contributed by atoms with van der Waals surface area (Å²) in [7, 11) is 3.70. The number of halogens is 3. The highest BCUT2D eigenvalue weighted by Crippen LogP contribution is 2.39.